The highest BCUT2D eigenvalue weighted by Crippen LogP contribution is 2.32. The van der Waals surface area contributed by atoms with Gasteiger partial charge in [0.25, 0.3) is 5.91 Å². The van der Waals surface area contributed by atoms with Crippen LogP contribution in [0.25, 0.3) is 16.6 Å². The highest BCUT2D eigenvalue weighted by Gasteiger charge is 2.23. The molecule has 2 aromatic heterocycles. The number of hydrogen-bond acceptors (Lipinski definition) is 6. The summed E-state index contributed by atoms with van der Waals surface area (Å²) in [6, 6.07) is 14.2. The monoisotopic (exact) mass is 459 g/mol. The van der Waals surface area contributed by atoms with Crippen molar-refractivity contribution in [1.82, 2.24) is 9.55 Å². The number of nitrogens with zero attached hydrogens (tertiary/aromatic N) is 3. The summed E-state index contributed by atoms with van der Waals surface area (Å²) in [6.07, 6.45) is 4.79. The van der Waals surface area contributed by atoms with Gasteiger partial charge in [-0.3, -0.25) is 14.6 Å². The van der Waals surface area contributed by atoms with E-state index in [9.17, 15) is 9.59 Å². The standard InChI is InChI=1S/C26H25N3O5/c1-5-28(18-10-12-27-13-11-18)26(31)21-16-29(17-6-8-19(32-2)9-7-17)22-15-24(34-4)23(33-3)14-20(22)25(21)30/h6-16H,5H2,1-4H3. The fraction of sp³-hybridized carbons (Fsp3) is 0.192. The number of amides is 1. The SMILES string of the molecule is CCN(C(=O)c1cn(-c2ccc(OC)cc2)c2cc(OC)c(OC)cc2c1=O)c1ccncc1. The number of benzene rings is 2. The molecule has 2 aromatic carbocycles. The molecule has 4 aromatic rings. The maximum Gasteiger partial charge on any atom is 0.263 e. The second-order valence-electron chi connectivity index (χ2n) is 7.42. The molecule has 4 rings (SSSR count). The predicted octanol–water partition coefficient (Wildman–Crippen LogP) is 4.08. The lowest BCUT2D eigenvalue weighted by molar-refractivity contribution is 0.0987. The average molecular weight is 460 g/mol. The van der Waals surface area contributed by atoms with E-state index < -0.39 is 11.3 Å². The number of pyridine rings is 2. The lowest BCUT2D eigenvalue weighted by Gasteiger charge is -2.22. The van der Waals surface area contributed by atoms with Crippen LogP contribution in [0.15, 0.2) is 71.9 Å². The maximum absolute atomic E-state index is 13.6. The van der Waals surface area contributed by atoms with Gasteiger partial charge < -0.3 is 23.7 Å². The minimum atomic E-state index is -0.405. The lowest BCUT2D eigenvalue weighted by Crippen LogP contribution is -2.34. The summed E-state index contributed by atoms with van der Waals surface area (Å²) in [5, 5.41) is 0.338. The zero-order chi connectivity index (χ0) is 24.2. The van der Waals surface area contributed by atoms with Gasteiger partial charge in [-0.25, -0.2) is 0 Å². The molecule has 174 valence electrons. The van der Waals surface area contributed by atoms with Crippen molar-refractivity contribution in [3.63, 3.8) is 0 Å². The molecule has 0 spiro atoms. The van der Waals surface area contributed by atoms with E-state index >= 15 is 0 Å². The van der Waals surface area contributed by atoms with E-state index in [0.29, 0.717) is 40.4 Å². The first-order chi connectivity index (χ1) is 16.5. The summed E-state index contributed by atoms with van der Waals surface area (Å²) >= 11 is 0. The molecule has 8 nitrogen and oxygen atoms in total. The van der Waals surface area contributed by atoms with E-state index in [1.54, 1.807) is 59.4 Å². The van der Waals surface area contributed by atoms with Crippen molar-refractivity contribution in [1.29, 1.82) is 0 Å². The zero-order valence-corrected chi connectivity index (χ0v) is 19.4. The van der Waals surface area contributed by atoms with Crippen LogP contribution < -0.4 is 24.5 Å². The third-order valence-electron chi connectivity index (χ3n) is 5.63. The Kier molecular flexibility index (Phi) is 6.49. The molecule has 0 N–H and O–H groups in total. The highest BCUT2D eigenvalue weighted by atomic mass is 16.5. The van der Waals surface area contributed by atoms with Gasteiger partial charge in [0.05, 0.1) is 32.2 Å². The molecule has 0 aliphatic carbocycles. The maximum atomic E-state index is 13.6. The number of ether oxygens (including phenoxy) is 3. The molecule has 0 fully saturated rings. The van der Waals surface area contributed by atoms with Crippen LogP contribution in [0.2, 0.25) is 0 Å². The van der Waals surface area contributed by atoms with E-state index in [1.807, 2.05) is 31.2 Å². The summed E-state index contributed by atoms with van der Waals surface area (Å²) < 4.78 is 18.0. The number of rotatable bonds is 7. The molecule has 0 unspecified atom stereocenters. The van der Waals surface area contributed by atoms with Gasteiger partial charge in [0.1, 0.15) is 11.3 Å². The van der Waals surface area contributed by atoms with Gasteiger partial charge in [-0.2, -0.15) is 0 Å². The van der Waals surface area contributed by atoms with Gasteiger partial charge in [0.15, 0.2) is 11.5 Å². The Balaban J connectivity index is 1.99. The number of hydrogen-bond donors (Lipinski definition) is 0. The molecule has 0 saturated carbocycles. The molecule has 1 amide bonds. The van der Waals surface area contributed by atoms with Crippen LogP contribution in [0.5, 0.6) is 17.2 Å². The van der Waals surface area contributed by atoms with Crippen molar-refractivity contribution in [3.8, 4) is 22.9 Å². The normalized spacial score (nSPS) is 10.7. The van der Waals surface area contributed by atoms with E-state index in [0.717, 1.165) is 5.69 Å². The number of carbonyl (C=O) groups is 1. The molecule has 8 heteroatoms. The van der Waals surface area contributed by atoms with Gasteiger partial charge in [-0.1, -0.05) is 0 Å². The smallest absolute Gasteiger partial charge is 0.263 e. The summed E-state index contributed by atoms with van der Waals surface area (Å²) in [6.45, 7) is 2.24. The van der Waals surface area contributed by atoms with Crippen molar-refractivity contribution in [3.05, 3.63) is 82.9 Å². The number of carbonyl (C=O) groups excluding carboxylic acids is 1. The van der Waals surface area contributed by atoms with Gasteiger partial charge in [-0.15, -0.1) is 0 Å². The van der Waals surface area contributed by atoms with Gasteiger partial charge in [0, 0.05) is 42.6 Å². The Morgan fingerprint density at radius 2 is 1.59 bits per heavy atom. The quantitative estimate of drug-likeness (QED) is 0.414. The van der Waals surface area contributed by atoms with Crippen LogP contribution in [0, 0.1) is 0 Å². The molecule has 0 atom stereocenters. The highest BCUT2D eigenvalue weighted by molar-refractivity contribution is 6.07. The van der Waals surface area contributed by atoms with Crippen LogP contribution in [0.1, 0.15) is 17.3 Å². The van der Waals surface area contributed by atoms with Crippen molar-refractivity contribution < 1.29 is 19.0 Å². The Bertz CT molecular complexity index is 1380. The summed E-state index contributed by atoms with van der Waals surface area (Å²) in [5.41, 5.74) is 1.63. The summed E-state index contributed by atoms with van der Waals surface area (Å²) in [7, 11) is 4.63. The minimum Gasteiger partial charge on any atom is -0.497 e. The van der Waals surface area contributed by atoms with Gasteiger partial charge >= 0.3 is 0 Å². The average Bonchev–Trinajstić information content (AvgIpc) is 2.89. The number of methoxy groups -OCH3 is 3. The number of fused-ring (bicyclic) bond motifs is 1. The molecule has 0 saturated heterocycles. The third kappa shape index (κ3) is 4.05. The molecule has 0 bridgehead atoms. The second kappa shape index (κ2) is 9.66. The molecule has 0 aliphatic heterocycles. The fourth-order valence-corrected chi connectivity index (χ4v) is 3.87. The molecular weight excluding hydrogens is 434 g/mol. The Morgan fingerprint density at radius 3 is 2.18 bits per heavy atom. The minimum absolute atomic E-state index is 0.0363. The largest absolute Gasteiger partial charge is 0.497 e. The zero-order valence-electron chi connectivity index (χ0n) is 19.4. The fourth-order valence-electron chi connectivity index (χ4n) is 3.87. The summed E-state index contributed by atoms with van der Waals surface area (Å²) in [5.74, 6) is 1.17. The summed E-state index contributed by atoms with van der Waals surface area (Å²) in [4.78, 5) is 32.8. The van der Waals surface area contributed by atoms with Gasteiger partial charge in [0.2, 0.25) is 5.43 Å². The van der Waals surface area contributed by atoms with Crippen LogP contribution in [-0.4, -0.2) is 43.3 Å². The third-order valence-corrected chi connectivity index (χ3v) is 5.63. The van der Waals surface area contributed by atoms with Crippen LogP contribution in [0.3, 0.4) is 0 Å². The first kappa shape index (κ1) is 22.8. The number of aromatic nitrogens is 2. The first-order valence-corrected chi connectivity index (χ1v) is 10.7. The van der Waals surface area contributed by atoms with E-state index in [2.05, 4.69) is 4.98 Å². The molecular formula is C26H25N3O5. The van der Waals surface area contributed by atoms with Crippen molar-refractivity contribution in [2.75, 3.05) is 32.8 Å². The van der Waals surface area contributed by atoms with E-state index in [4.69, 9.17) is 14.2 Å². The Morgan fingerprint density at radius 1 is 0.941 bits per heavy atom. The van der Waals surface area contributed by atoms with E-state index in [1.165, 1.54) is 14.2 Å². The number of anilines is 1. The topological polar surface area (TPSA) is 82.9 Å². The Labute approximate surface area is 196 Å². The van der Waals surface area contributed by atoms with Crippen molar-refractivity contribution in [2.45, 2.75) is 6.92 Å². The molecule has 0 radical (unpaired) electrons. The first-order valence-electron chi connectivity index (χ1n) is 10.7. The van der Waals surface area contributed by atoms with Gasteiger partial charge in [-0.05, 0) is 49.4 Å². The second-order valence-corrected chi connectivity index (χ2v) is 7.42. The van der Waals surface area contributed by atoms with E-state index in [-0.39, 0.29) is 5.56 Å². The predicted molar refractivity (Wildman–Crippen MR) is 131 cm³/mol. The van der Waals surface area contributed by atoms with Crippen molar-refractivity contribution >= 4 is 22.5 Å². The van der Waals surface area contributed by atoms with Crippen LogP contribution in [-0.2, 0) is 0 Å². The molecule has 0 aliphatic rings. The van der Waals surface area contributed by atoms with Crippen LogP contribution in [0.4, 0.5) is 5.69 Å². The lowest BCUT2D eigenvalue weighted by atomic mass is 10.1. The molecule has 2 heterocycles. The van der Waals surface area contributed by atoms with Crippen LogP contribution >= 0.6 is 0 Å². The van der Waals surface area contributed by atoms with Crippen molar-refractivity contribution in [2.24, 2.45) is 0 Å². The molecule has 34 heavy (non-hydrogen) atoms. The Hall–Kier alpha value is -4.33.